The van der Waals surface area contributed by atoms with Crippen LogP contribution in [0.5, 0.6) is 0 Å². The van der Waals surface area contributed by atoms with Gasteiger partial charge in [0, 0.05) is 44.8 Å². The molecule has 1 aliphatic carbocycles. The number of piperazine rings is 1. The van der Waals surface area contributed by atoms with Gasteiger partial charge in [0.2, 0.25) is 15.9 Å². The monoisotopic (exact) mass is 441 g/mol. The molecule has 6 nitrogen and oxygen atoms in total. The maximum Gasteiger partial charge on any atom is 0.240 e. The van der Waals surface area contributed by atoms with Gasteiger partial charge in [-0.25, -0.2) is 13.1 Å². The van der Waals surface area contributed by atoms with Crippen LogP contribution in [0.4, 0.5) is 5.69 Å². The lowest BCUT2D eigenvalue weighted by Crippen LogP contribution is -2.49. The number of carbonyl (C=O) groups excluding carboxylic acids is 1. The molecule has 7 heteroatoms. The third-order valence-electron chi connectivity index (χ3n) is 6.35. The number of carbonyl (C=O) groups is 1. The molecule has 4 rings (SSSR count). The standard InChI is InChI=1S/C24H31N3O3S/c1-19-6-2-5-9-23(19)26-14-16-27(17-15-26)24(28)12-13-25-31(29,30)22-11-10-20-7-3-4-8-21(20)18-22/h2,5-6,9-11,18,25H,3-4,7-8,12-17H2,1H3. The number of nitrogens with one attached hydrogen (secondary N) is 1. The fourth-order valence-corrected chi connectivity index (χ4v) is 5.61. The number of nitrogens with zero attached hydrogens (tertiary/aromatic N) is 2. The van der Waals surface area contributed by atoms with Crippen molar-refractivity contribution in [1.29, 1.82) is 0 Å². The van der Waals surface area contributed by atoms with E-state index in [1.807, 2.05) is 23.1 Å². The van der Waals surface area contributed by atoms with E-state index in [1.165, 1.54) is 23.2 Å². The molecule has 0 aromatic heterocycles. The van der Waals surface area contributed by atoms with E-state index < -0.39 is 10.0 Å². The van der Waals surface area contributed by atoms with Gasteiger partial charge in [-0.15, -0.1) is 0 Å². The number of hydrogen-bond acceptors (Lipinski definition) is 4. The highest BCUT2D eigenvalue weighted by Crippen LogP contribution is 2.24. The lowest BCUT2D eigenvalue weighted by Gasteiger charge is -2.36. The third-order valence-corrected chi connectivity index (χ3v) is 7.81. The number of amides is 1. The summed E-state index contributed by atoms with van der Waals surface area (Å²) in [6, 6.07) is 13.7. The van der Waals surface area contributed by atoms with Crippen LogP contribution in [0.25, 0.3) is 0 Å². The van der Waals surface area contributed by atoms with E-state index in [0.717, 1.165) is 37.9 Å². The molecule has 0 atom stereocenters. The normalized spacial score (nSPS) is 16.8. The molecule has 0 saturated carbocycles. The summed E-state index contributed by atoms with van der Waals surface area (Å²) >= 11 is 0. The number of benzene rings is 2. The average Bonchev–Trinajstić information content (AvgIpc) is 2.79. The highest BCUT2D eigenvalue weighted by Gasteiger charge is 2.23. The summed E-state index contributed by atoms with van der Waals surface area (Å²) in [6.07, 6.45) is 4.41. The molecule has 1 aliphatic heterocycles. The van der Waals surface area contributed by atoms with E-state index in [0.29, 0.717) is 18.0 Å². The second-order valence-corrected chi connectivity index (χ2v) is 10.2. The number of rotatable bonds is 6. The Hall–Kier alpha value is -2.38. The topological polar surface area (TPSA) is 69.7 Å². The average molecular weight is 442 g/mol. The first-order valence-electron chi connectivity index (χ1n) is 11.1. The first-order valence-corrected chi connectivity index (χ1v) is 12.6. The Labute approximate surface area is 185 Å². The van der Waals surface area contributed by atoms with Gasteiger partial charge in [0.25, 0.3) is 0 Å². The molecule has 0 spiro atoms. The van der Waals surface area contributed by atoms with Crippen LogP contribution in [0, 0.1) is 6.92 Å². The lowest BCUT2D eigenvalue weighted by atomic mass is 9.92. The summed E-state index contributed by atoms with van der Waals surface area (Å²) in [7, 11) is -3.60. The fourth-order valence-electron chi connectivity index (χ4n) is 4.53. The van der Waals surface area contributed by atoms with Crippen molar-refractivity contribution in [2.24, 2.45) is 0 Å². The summed E-state index contributed by atoms with van der Waals surface area (Å²) in [5.41, 5.74) is 4.84. The second-order valence-electron chi connectivity index (χ2n) is 8.44. The summed E-state index contributed by atoms with van der Waals surface area (Å²) in [6.45, 7) is 5.11. The molecule has 166 valence electrons. The fraction of sp³-hybridized carbons (Fsp3) is 0.458. The summed E-state index contributed by atoms with van der Waals surface area (Å²) in [4.78, 5) is 17.0. The zero-order valence-electron chi connectivity index (χ0n) is 18.1. The highest BCUT2D eigenvalue weighted by molar-refractivity contribution is 7.89. The minimum Gasteiger partial charge on any atom is -0.368 e. The van der Waals surface area contributed by atoms with Crippen molar-refractivity contribution < 1.29 is 13.2 Å². The first-order chi connectivity index (χ1) is 14.9. The van der Waals surface area contributed by atoms with Gasteiger partial charge in [-0.3, -0.25) is 4.79 Å². The van der Waals surface area contributed by atoms with Gasteiger partial charge in [0.05, 0.1) is 4.90 Å². The molecule has 1 N–H and O–H groups in total. The molecule has 2 aromatic carbocycles. The Kier molecular flexibility index (Phi) is 6.62. The molecule has 0 radical (unpaired) electrons. The molecule has 1 amide bonds. The number of para-hydroxylation sites is 1. The van der Waals surface area contributed by atoms with Crippen molar-refractivity contribution in [3.05, 3.63) is 59.2 Å². The van der Waals surface area contributed by atoms with Gasteiger partial charge >= 0.3 is 0 Å². The minimum atomic E-state index is -3.60. The van der Waals surface area contributed by atoms with E-state index in [1.54, 1.807) is 12.1 Å². The number of hydrogen-bond donors (Lipinski definition) is 1. The van der Waals surface area contributed by atoms with E-state index in [4.69, 9.17) is 0 Å². The first kappa shape index (κ1) is 21.8. The van der Waals surface area contributed by atoms with Gasteiger partial charge in [-0.05, 0) is 67.5 Å². The van der Waals surface area contributed by atoms with Gasteiger partial charge < -0.3 is 9.80 Å². The van der Waals surface area contributed by atoms with Gasteiger partial charge in [-0.2, -0.15) is 0 Å². The van der Waals surface area contributed by atoms with Crippen molar-refractivity contribution in [3.8, 4) is 0 Å². The van der Waals surface area contributed by atoms with Gasteiger partial charge in [-0.1, -0.05) is 24.3 Å². The smallest absolute Gasteiger partial charge is 0.240 e. The Morgan fingerprint density at radius 3 is 2.42 bits per heavy atom. The number of sulfonamides is 1. The SMILES string of the molecule is Cc1ccccc1N1CCN(C(=O)CCNS(=O)(=O)c2ccc3c(c2)CCCC3)CC1. The maximum atomic E-state index is 12.7. The lowest BCUT2D eigenvalue weighted by molar-refractivity contribution is -0.131. The Balaban J connectivity index is 1.27. The maximum absolute atomic E-state index is 12.7. The van der Waals surface area contributed by atoms with Crippen molar-refractivity contribution in [2.45, 2.75) is 43.9 Å². The quantitative estimate of drug-likeness (QED) is 0.748. The molecule has 1 fully saturated rings. The number of fused-ring (bicyclic) bond motifs is 1. The van der Waals surface area contributed by atoms with Crippen LogP contribution in [0.15, 0.2) is 47.4 Å². The van der Waals surface area contributed by atoms with Crippen LogP contribution in [0.1, 0.15) is 36.0 Å². The van der Waals surface area contributed by atoms with Crippen LogP contribution < -0.4 is 9.62 Å². The largest absolute Gasteiger partial charge is 0.368 e. The van der Waals surface area contributed by atoms with Crippen LogP contribution in [-0.2, 0) is 27.7 Å². The zero-order valence-corrected chi connectivity index (χ0v) is 19.0. The Morgan fingerprint density at radius 2 is 1.68 bits per heavy atom. The number of aryl methyl sites for hydroxylation is 3. The molecule has 0 bridgehead atoms. The van der Waals surface area contributed by atoms with Gasteiger partial charge in [0.1, 0.15) is 0 Å². The second kappa shape index (κ2) is 9.40. The molecule has 1 saturated heterocycles. The molecule has 31 heavy (non-hydrogen) atoms. The molecule has 1 heterocycles. The zero-order chi connectivity index (χ0) is 21.8. The van der Waals surface area contributed by atoms with Crippen molar-refractivity contribution >= 4 is 21.6 Å². The molecule has 2 aliphatic rings. The predicted octanol–water partition coefficient (Wildman–Crippen LogP) is 2.89. The van der Waals surface area contributed by atoms with Crippen molar-refractivity contribution in [3.63, 3.8) is 0 Å². The third kappa shape index (κ3) is 5.10. The van der Waals surface area contributed by atoms with E-state index in [9.17, 15) is 13.2 Å². The van der Waals surface area contributed by atoms with Crippen LogP contribution >= 0.6 is 0 Å². The minimum absolute atomic E-state index is 0.00225. The summed E-state index contributed by atoms with van der Waals surface area (Å²) in [5.74, 6) is -0.00225. The van der Waals surface area contributed by atoms with E-state index in [2.05, 4.69) is 28.7 Å². The van der Waals surface area contributed by atoms with Gasteiger partial charge in [0.15, 0.2) is 0 Å². The van der Waals surface area contributed by atoms with E-state index in [-0.39, 0.29) is 18.9 Å². The molecular weight excluding hydrogens is 410 g/mol. The number of anilines is 1. The molecular formula is C24H31N3O3S. The Bertz CT molecular complexity index is 1040. The van der Waals surface area contributed by atoms with Crippen LogP contribution in [0.2, 0.25) is 0 Å². The van der Waals surface area contributed by atoms with Crippen molar-refractivity contribution in [1.82, 2.24) is 9.62 Å². The van der Waals surface area contributed by atoms with Crippen LogP contribution in [0.3, 0.4) is 0 Å². The highest BCUT2D eigenvalue weighted by atomic mass is 32.2. The Morgan fingerprint density at radius 1 is 0.968 bits per heavy atom. The molecule has 0 unspecified atom stereocenters. The predicted molar refractivity (Wildman–Crippen MR) is 123 cm³/mol. The summed E-state index contributed by atoms with van der Waals surface area (Å²) < 4.78 is 27.9. The summed E-state index contributed by atoms with van der Waals surface area (Å²) in [5, 5.41) is 0. The van der Waals surface area contributed by atoms with E-state index >= 15 is 0 Å². The molecule has 2 aromatic rings. The van der Waals surface area contributed by atoms with Crippen LogP contribution in [-0.4, -0.2) is 51.9 Å². The van der Waals surface area contributed by atoms with Crippen molar-refractivity contribution in [2.75, 3.05) is 37.6 Å².